The molecule has 1 aromatic heterocycles. The fraction of sp³-hybridized carbons (Fsp3) is 0.304. The normalized spacial score (nSPS) is 14.8. The lowest BCUT2D eigenvalue weighted by atomic mass is 9.95. The first-order chi connectivity index (χ1) is 14.0. The summed E-state index contributed by atoms with van der Waals surface area (Å²) in [5.74, 6) is -1.15. The minimum atomic E-state index is -0.497. The molecule has 1 saturated carbocycles. The van der Waals surface area contributed by atoms with Crippen molar-refractivity contribution in [2.75, 3.05) is 0 Å². The minimum absolute atomic E-state index is 0.147. The SMILES string of the molecule is NC(=O)c1cccc(Cn2cc(C(=O)NC3CCCCC3)c3c(F)cccc32)c1. The Balaban J connectivity index is 1.68. The number of aromatic nitrogens is 1. The molecule has 150 valence electrons. The van der Waals surface area contributed by atoms with Gasteiger partial charge in [-0.1, -0.05) is 37.5 Å². The number of nitrogens with one attached hydrogen (secondary N) is 1. The van der Waals surface area contributed by atoms with Crippen molar-refractivity contribution >= 4 is 22.7 Å². The predicted octanol–water partition coefficient (Wildman–Crippen LogP) is 3.99. The zero-order chi connectivity index (χ0) is 20.4. The molecule has 1 heterocycles. The van der Waals surface area contributed by atoms with Gasteiger partial charge in [0.15, 0.2) is 0 Å². The average Bonchev–Trinajstić information content (AvgIpc) is 3.09. The van der Waals surface area contributed by atoms with E-state index in [2.05, 4.69) is 5.32 Å². The van der Waals surface area contributed by atoms with Crippen LogP contribution in [0.5, 0.6) is 0 Å². The quantitative estimate of drug-likeness (QED) is 0.688. The van der Waals surface area contributed by atoms with E-state index in [0.717, 1.165) is 31.2 Å². The number of primary amides is 1. The van der Waals surface area contributed by atoms with Gasteiger partial charge in [-0.05, 0) is 42.7 Å². The summed E-state index contributed by atoms with van der Waals surface area (Å²) in [5.41, 5.74) is 7.62. The summed E-state index contributed by atoms with van der Waals surface area (Å²) < 4.78 is 16.5. The lowest BCUT2D eigenvalue weighted by molar-refractivity contribution is 0.0928. The molecule has 0 atom stereocenters. The van der Waals surface area contributed by atoms with Crippen LogP contribution in [0, 0.1) is 5.82 Å². The minimum Gasteiger partial charge on any atom is -0.366 e. The van der Waals surface area contributed by atoms with Crippen LogP contribution in [0.25, 0.3) is 10.9 Å². The van der Waals surface area contributed by atoms with E-state index in [-0.39, 0.29) is 11.9 Å². The number of hydrogen-bond acceptors (Lipinski definition) is 2. The van der Waals surface area contributed by atoms with Crippen LogP contribution in [0.2, 0.25) is 0 Å². The van der Waals surface area contributed by atoms with Crippen LogP contribution in [-0.4, -0.2) is 22.4 Å². The van der Waals surface area contributed by atoms with E-state index in [1.807, 2.05) is 10.6 Å². The molecule has 6 heteroatoms. The van der Waals surface area contributed by atoms with Gasteiger partial charge in [0.1, 0.15) is 5.82 Å². The average molecular weight is 393 g/mol. The smallest absolute Gasteiger partial charge is 0.253 e. The topological polar surface area (TPSA) is 77.1 Å². The molecule has 0 radical (unpaired) electrons. The molecule has 2 aromatic carbocycles. The summed E-state index contributed by atoms with van der Waals surface area (Å²) in [4.78, 5) is 24.4. The molecule has 0 spiro atoms. The molecule has 2 amide bonds. The first kappa shape index (κ1) is 19.2. The molecule has 5 nitrogen and oxygen atoms in total. The highest BCUT2D eigenvalue weighted by atomic mass is 19.1. The van der Waals surface area contributed by atoms with Crippen molar-refractivity contribution in [1.82, 2.24) is 9.88 Å². The molecule has 1 fully saturated rings. The zero-order valence-corrected chi connectivity index (χ0v) is 16.2. The molecule has 4 rings (SSSR count). The maximum Gasteiger partial charge on any atom is 0.253 e. The predicted molar refractivity (Wildman–Crippen MR) is 110 cm³/mol. The lowest BCUT2D eigenvalue weighted by Crippen LogP contribution is -2.36. The fourth-order valence-electron chi connectivity index (χ4n) is 4.14. The second-order valence-electron chi connectivity index (χ2n) is 7.68. The Morgan fingerprint density at radius 3 is 2.62 bits per heavy atom. The van der Waals surface area contributed by atoms with E-state index in [1.54, 1.807) is 36.5 Å². The second-order valence-corrected chi connectivity index (χ2v) is 7.68. The molecule has 0 unspecified atom stereocenters. The van der Waals surface area contributed by atoms with Gasteiger partial charge < -0.3 is 15.6 Å². The Morgan fingerprint density at radius 2 is 1.86 bits per heavy atom. The number of hydrogen-bond donors (Lipinski definition) is 2. The highest BCUT2D eigenvalue weighted by Crippen LogP contribution is 2.26. The van der Waals surface area contributed by atoms with Crippen molar-refractivity contribution in [3.05, 3.63) is 71.2 Å². The molecule has 3 N–H and O–H groups in total. The lowest BCUT2D eigenvalue weighted by Gasteiger charge is -2.22. The first-order valence-electron chi connectivity index (χ1n) is 10.00. The molecule has 0 saturated heterocycles. The second kappa shape index (κ2) is 8.07. The fourth-order valence-corrected chi connectivity index (χ4v) is 4.14. The van der Waals surface area contributed by atoms with Gasteiger partial charge >= 0.3 is 0 Å². The number of nitrogens with two attached hydrogens (primary N) is 1. The number of carbonyl (C=O) groups excluding carboxylic acids is 2. The summed E-state index contributed by atoms with van der Waals surface area (Å²) in [6.07, 6.45) is 7.04. The van der Waals surface area contributed by atoms with E-state index in [0.29, 0.717) is 28.6 Å². The van der Waals surface area contributed by atoms with Gasteiger partial charge in [0.25, 0.3) is 5.91 Å². The third-order valence-corrected chi connectivity index (χ3v) is 5.60. The van der Waals surface area contributed by atoms with E-state index >= 15 is 0 Å². The molecule has 1 aliphatic rings. The van der Waals surface area contributed by atoms with Crippen LogP contribution in [0.1, 0.15) is 58.4 Å². The van der Waals surface area contributed by atoms with Crippen LogP contribution in [0.4, 0.5) is 4.39 Å². The Labute approximate surface area is 168 Å². The Bertz CT molecular complexity index is 1070. The number of benzene rings is 2. The third-order valence-electron chi connectivity index (χ3n) is 5.60. The molecular formula is C23H24FN3O2. The van der Waals surface area contributed by atoms with Gasteiger partial charge in [0, 0.05) is 29.7 Å². The van der Waals surface area contributed by atoms with Gasteiger partial charge in [-0.2, -0.15) is 0 Å². The maximum atomic E-state index is 14.7. The van der Waals surface area contributed by atoms with Gasteiger partial charge in [-0.3, -0.25) is 9.59 Å². The first-order valence-corrected chi connectivity index (χ1v) is 10.00. The Kier molecular flexibility index (Phi) is 5.34. The zero-order valence-electron chi connectivity index (χ0n) is 16.2. The van der Waals surface area contributed by atoms with Crippen molar-refractivity contribution in [2.45, 2.75) is 44.7 Å². The molecular weight excluding hydrogens is 369 g/mol. The number of rotatable bonds is 5. The number of nitrogens with zero attached hydrogens (tertiary/aromatic N) is 1. The summed E-state index contributed by atoms with van der Waals surface area (Å²) in [6.45, 7) is 0.401. The van der Waals surface area contributed by atoms with E-state index in [9.17, 15) is 14.0 Å². The highest BCUT2D eigenvalue weighted by Gasteiger charge is 2.22. The monoisotopic (exact) mass is 393 g/mol. The van der Waals surface area contributed by atoms with Gasteiger partial charge in [-0.15, -0.1) is 0 Å². The van der Waals surface area contributed by atoms with Crippen LogP contribution in [0.3, 0.4) is 0 Å². The molecule has 29 heavy (non-hydrogen) atoms. The molecule has 3 aromatic rings. The largest absolute Gasteiger partial charge is 0.366 e. The summed E-state index contributed by atoms with van der Waals surface area (Å²) in [5, 5.41) is 3.40. The van der Waals surface area contributed by atoms with E-state index < -0.39 is 11.7 Å². The van der Waals surface area contributed by atoms with E-state index in [4.69, 9.17) is 5.73 Å². The van der Waals surface area contributed by atoms with Crippen molar-refractivity contribution in [3.8, 4) is 0 Å². The maximum absolute atomic E-state index is 14.7. The number of carbonyl (C=O) groups is 2. The summed E-state index contributed by atoms with van der Waals surface area (Å²) >= 11 is 0. The van der Waals surface area contributed by atoms with E-state index in [1.165, 1.54) is 12.5 Å². The third kappa shape index (κ3) is 4.01. The Hall–Kier alpha value is -3.15. The molecule has 1 aliphatic carbocycles. The summed E-state index contributed by atoms with van der Waals surface area (Å²) in [7, 11) is 0. The molecule has 0 aliphatic heterocycles. The standard InChI is InChI=1S/C23H24FN3O2/c24-19-10-5-11-20-21(19)18(23(29)26-17-8-2-1-3-9-17)14-27(20)13-15-6-4-7-16(12-15)22(25)28/h4-7,10-12,14,17H,1-3,8-9,13H2,(H2,25,28)(H,26,29). The van der Waals surface area contributed by atoms with Crippen molar-refractivity contribution in [1.29, 1.82) is 0 Å². The van der Waals surface area contributed by atoms with Gasteiger partial charge in [0.05, 0.1) is 11.1 Å². The Morgan fingerprint density at radius 1 is 1.10 bits per heavy atom. The highest BCUT2D eigenvalue weighted by molar-refractivity contribution is 6.07. The number of halogens is 1. The van der Waals surface area contributed by atoms with Crippen molar-refractivity contribution < 1.29 is 14.0 Å². The van der Waals surface area contributed by atoms with Crippen LogP contribution in [-0.2, 0) is 6.54 Å². The van der Waals surface area contributed by atoms with Gasteiger partial charge in [-0.25, -0.2) is 4.39 Å². The van der Waals surface area contributed by atoms with Crippen molar-refractivity contribution in [3.63, 3.8) is 0 Å². The van der Waals surface area contributed by atoms with Crippen LogP contribution < -0.4 is 11.1 Å². The summed E-state index contributed by atoms with van der Waals surface area (Å²) in [6, 6.07) is 12.0. The van der Waals surface area contributed by atoms with Crippen LogP contribution >= 0.6 is 0 Å². The molecule has 0 bridgehead atoms. The van der Waals surface area contributed by atoms with Gasteiger partial charge in [0.2, 0.25) is 5.91 Å². The van der Waals surface area contributed by atoms with Crippen molar-refractivity contribution in [2.24, 2.45) is 5.73 Å². The van der Waals surface area contributed by atoms with Crippen LogP contribution in [0.15, 0.2) is 48.7 Å². The number of fused-ring (bicyclic) bond motifs is 1. The number of amides is 2.